The van der Waals surface area contributed by atoms with Crippen LogP contribution < -0.4 is 0 Å². The normalized spacial score (nSPS) is 22.1. The van der Waals surface area contributed by atoms with E-state index in [0.717, 1.165) is 0 Å². The van der Waals surface area contributed by atoms with Crippen LogP contribution in [0.5, 0.6) is 0 Å². The predicted molar refractivity (Wildman–Crippen MR) is 55.7 cm³/mol. The molecule has 1 aromatic rings. The third kappa shape index (κ3) is 2.36. The third-order valence-corrected chi connectivity index (χ3v) is 2.54. The van der Waals surface area contributed by atoms with Gasteiger partial charge in [-0.05, 0) is 26.0 Å². The average molecular weight is 206 g/mol. The van der Waals surface area contributed by atoms with E-state index in [0.29, 0.717) is 12.2 Å². The first-order chi connectivity index (χ1) is 7.09. The van der Waals surface area contributed by atoms with Gasteiger partial charge in [0.05, 0.1) is 11.2 Å². The molecule has 1 aliphatic heterocycles. The summed E-state index contributed by atoms with van der Waals surface area (Å²) in [6.45, 7) is 4.29. The summed E-state index contributed by atoms with van der Waals surface area (Å²) >= 11 is 0. The lowest BCUT2D eigenvalue weighted by Crippen LogP contribution is -2.14. The molecular weight excluding hydrogens is 192 g/mol. The Morgan fingerprint density at radius 3 is 2.53 bits per heavy atom. The Balaban J connectivity index is 1.84. The zero-order valence-electron chi connectivity index (χ0n) is 8.90. The standard InChI is InChI=1S/C12H14O3/c1-12(2)10(15-12)8-14-11(13)9-6-4-3-5-7-9/h3-7,10H,8H2,1-2H3/t10-/m0/s1. The maximum atomic E-state index is 11.5. The van der Waals surface area contributed by atoms with E-state index in [1.807, 2.05) is 32.0 Å². The highest BCUT2D eigenvalue weighted by Gasteiger charge is 2.48. The monoisotopic (exact) mass is 206 g/mol. The van der Waals surface area contributed by atoms with Crippen molar-refractivity contribution in [2.75, 3.05) is 6.61 Å². The summed E-state index contributed by atoms with van der Waals surface area (Å²) in [7, 11) is 0. The molecule has 0 amide bonds. The minimum absolute atomic E-state index is 0.0464. The molecule has 0 radical (unpaired) electrons. The Morgan fingerprint density at radius 1 is 1.40 bits per heavy atom. The van der Waals surface area contributed by atoms with Crippen LogP contribution in [0.2, 0.25) is 0 Å². The number of esters is 1. The number of benzene rings is 1. The van der Waals surface area contributed by atoms with Crippen molar-refractivity contribution < 1.29 is 14.3 Å². The number of epoxide rings is 1. The first kappa shape index (κ1) is 10.2. The van der Waals surface area contributed by atoms with E-state index in [1.54, 1.807) is 12.1 Å². The molecule has 0 spiro atoms. The van der Waals surface area contributed by atoms with E-state index in [1.165, 1.54) is 0 Å². The lowest BCUT2D eigenvalue weighted by Gasteiger charge is -2.02. The van der Waals surface area contributed by atoms with Crippen molar-refractivity contribution in [3.8, 4) is 0 Å². The highest BCUT2D eigenvalue weighted by Crippen LogP contribution is 2.35. The van der Waals surface area contributed by atoms with Crippen molar-refractivity contribution in [1.29, 1.82) is 0 Å². The molecule has 1 heterocycles. The summed E-state index contributed by atoms with van der Waals surface area (Å²) in [5.74, 6) is -0.290. The number of carbonyl (C=O) groups is 1. The fourth-order valence-corrected chi connectivity index (χ4v) is 1.38. The summed E-state index contributed by atoms with van der Waals surface area (Å²) in [5.41, 5.74) is 0.452. The van der Waals surface area contributed by atoms with Crippen molar-refractivity contribution in [3.05, 3.63) is 35.9 Å². The number of hydrogen-bond acceptors (Lipinski definition) is 3. The molecule has 3 heteroatoms. The molecule has 0 unspecified atom stereocenters. The molecule has 15 heavy (non-hydrogen) atoms. The molecule has 1 saturated heterocycles. The highest BCUT2D eigenvalue weighted by atomic mass is 16.6. The molecular formula is C12H14O3. The average Bonchev–Trinajstić information content (AvgIpc) is 2.84. The second-order valence-corrected chi connectivity index (χ2v) is 4.17. The minimum atomic E-state index is -0.290. The molecule has 80 valence electrons. The lowest BCUT2D eigenvalue weighted by atomic mass is 10.1. The maximum Gasteiger partial charge on any atom is 0.338 e. The van der Waals surface area contributed by atoms with Crippen LogP contribution in [-0.2, 0) is 9.47 Å². The highest BCUT2D eigenvalue weighted by molar-refractivity contribution is 5.89. The Kier molecular flexibility index (Phi) is 2.49. The van der Waals surface area contributed by atoms with Crippen molar-refractivity contribution in [2.45, 2.75) is 25.6 Å². The van der Waals surface area contributed by atoms with E-state index in [9.17, 15) is 4.79 Å². The maximum absolute atomic E-state index is 11.5. The van der Waals surface area contributed by atoms with Gasteiger partial charge in [0, 0.05) is 0 Å². The Hall–Kier alpha value is -1.35. The molecule has 3 nitrogen and oxygen atoms in total. The SMILES string of the molecule is CC1(C)O[C@H]1COC(=O)c1ccccc1. The van der Waals surface area contributed by atoms with Gasteiger partial charge in [0.2, 0.25) is 0 Å². The number of rotatable bonds is 3. The first-order valence-corrected chi connectivity index (χ1v) is 4.99. The van der Waals surface area contributed by atoms with Gasteiger partial charge in [-0.25, -0.2) is 4.79 Å². The Labute approximate surface area is 89.0 Å². The molecule has 0 aliphatic carbocycles. The first-order valence-electron chi connectivity index (χ1n) is 4.99. The second kappa shape index (κ2) is 3.66. The van der Waals surface area contributed by atoms with Crippen LogP contribution in [0.3, 0.4) is 0 Å². The third-order valence-electron chi connectivity index (χ3n) is 2.54. The van der Waals surface area contributed by atoms with Gasteiger partial charge in [-0.2, -0.15) is 0 Å². The smallest absolute Gasteiger partial charge is 0.338 e. The van der Waals surface area contributed by atoms with E-state index >= 15 is 0 Å². The van der Waals surface area contributed by atoms with Gasteiger partial charge in [0.25, 0.3) is 0 Å². The van der Waals surface area contributed by atoms with Crippen LogP contribution in [0.1, 0.15) is 24.2 Å². The molecule has 2 rings (SSSR count). The van der Waals surface area contributed by atoms with Crippen molar-refractivity contribution >= 4 is 5.97 Å². The van der Waals surface area contributed by atoms with Gasteiger partial charge < -0.3 is 9.47 Å². The van der Waals surface area contributed by atoms with E-state index in [2.05, 4.69) is 0 Å². The summed E-state index contributed by atoms with van der Waals surface area (Å²) in [5, 5.41) is 0. The van der Waals surface area contributed by atoms with Crippen LogP contribution in [0.15, 0.2) is 30.3 Å². The van der Waals surface area contributed by atoms with Gasteiger partial charge in [0.15, 0.2) is 0 Å². The van der Waals surface area contributed by atoms with Crippen LogP contribution in [0, 0.1) is 0 Å². The van der Waals surface area contributed by atoms with E-state index < -0.39 is 0 Å². The second-order valence-electron chi connectivity index (χ2n) is 4.17. The molecule has 0 bridgehead atoms. The molecule has 1 aliphatic rings. The molecule has 0 aromatic heterocycles. The summed E-state index contributed by atoms with van der Waals surface area (Å²) in [6.07, 6.45) is 0.0464. The van der Waals surface area contributed by atoms with E-state index in [-0.39, 0.29) is 17.7 Å². The van der Waals surface area contributed by atoms with Crippen LogP contribution in [-0.4, -0.2) is 24.3 Å². The van der Waals surface area contributed by atoms with Crippen LogP contribution >= 0.6 is 0 Å². The quantitative estimate of drug-likeness (QED) is 0.561. The van der Waals surface area contributed by atoms with Gasteiger partial charge in [-0.1, -0.05) is 18.2 Å². The minimum Gasteiger partial charge on any atom is -0.459 e. The fourth-order valence-electron chi connectivity index (χ4n) is 1.38. The van der Waals surface area contributed by atoms with Gasteiger partial charge >= 0.3 is 5.97 Å². The summed E-state index contributed by atoms with van der Waals surface area (Å²) in [4.78, 5) is 11.5. The number of hydrogen-bond donors (Lipinski definition) is 0. The van der Waals surface area contributed by atoms with Gasteiger partial charge in [-0.3, -0.25) is 0 Å². The topological polar surface area (TPSA) is 38.8 Å². The molecule has 0 saturated carbocycles. The van der Waals surface area contributed by atoms with Crippen molar-refractivity contribution in [3.63, 3.8) is 0 Å². The fraction of sp³-hybridized carbons (Fsp3) is 0.417. The predicted octanol–water partition coefficient (Wildman–Crippen LogP) is 2.02. The largest absolute Gasteiger partial charge is 0.459 e. The molecule has 0 N–H and O–H groups in total. The van der Waals surface area contributed by atoms with Gasteiger partial charge in [-0.15, -0.1) is 0 Å². The Morgan fingerprint density at radius 2 is 2.00 bits per heavy atom. The number of carbonyl (C=O) groups excluding carboxylic acids is 1. The van der Waals surface area contributed by atoms with Crippen molar-refractivity contribution in [1.82, 2.24) is 0 Å². The van der Waals surface area contributed by atoms with Crippen LogP contribution in [0.25, 0.3) is 0 Å². The summed E-state index contributed by atoms with van der Waals surface area (Å²) in [6, 6.07) is 8.97. The van der Waals surface area contributed by atoms with Crippen molar-refractivity contribution in [2.24, 2.45) is 0 Å². The van der Waals surface area contributed by atoms with Crippen LogP contribution in [0.4, 0.5) is 0 Å². The molecule has 1 atom stereocenters. The van der Waals surface area contributed by atoms with E-state index in [4.69, 9.17) is 9.47 Å². The zero-order valence-corrected chi connectivity index (χ0v) is 8.90. The summed E-state index contributed by atoms with van der Waals surface area (Å²) < 4.78 is 10.4. The number of ether oxygens (including phenoxy) is 2. The lowest BCUT2D eigenvalue weighted by molar-refractivity contribution is 0.0476. The zero-order chi connectivity index (χ0) is 10.9. The molecule has 1 fully saturated rings. The Bertz CT molecular complexity index is 356. The molecule has 1 aromatic carbocycles. The van der Waals surface area contributed by atoms with Gasteiger partial charge in [0.1, 0.15) is 12.7 Å².